The Kier molecular flexibility index (Phi) is 7.78. The van der Waals surface area contributed by atoms with Gasteiger partial charge in [-0.1, -0.05) is 32.4 Å². The summed E-state index contributed by atoms with van der Waals surface area (Å²) in [6.45, 7) is 6.85. The molecule has 1 aromatic carbocycles. The third kappa shape index (κ3) is 6.60. The fraction of sp³-hybridized carbons (Fsp3) is 0.588. The zero-order valence-electron chi connectivity index (χ0n) is 12.9. The van der Waals surface area contributed by atoms with Gasteiger partial charge in [0.05, 0.1) is 6.61 Å². The van der Waals surface area contributed by atoms with Gasteiger partial charge in [-0.15, -0.1) is 0 Å². The van der Waals surface area contributed by atoms with Crippen LogP contribution in [-0.4, -0.2) is 18.6 Å². The summed E-state index contributed by atoms with van der Waals surface area (Å²) in [5.74, 6) is 0.994. The number of carbonyl (C=O) groups is 1. The summed E-state index contributed by atoms with van der Waals surface area (Å²) in [6, 6.07) is 8.48. The Morgan fingerprint density at radius 3 is 2.55 bits per heavy atom. The van der Waals surface area contributed by atoms with Crippen LogP contribution in [0.2, 0.25) is 0 Å². The summed E-state index contributed by atoms with van der Waals surface area (Å²) in [5, 5.41) is 2.96. The number of benzene rings is 1. The summed E-state index contributed by atoms with van der Waals surface area (Å²) in [5.41, 5.74) is 1.34. The molecular formula is C17H27NO2. The van der Waals surface area contributed by atoms with Crippen molar-refractivity contribution in [2.24, 2.45) is 0 Å². The third-order valence-electron chi connectivity index (χ3n) is 3.30. The fourth-order valence-corrected chi connectivity index (χ4v) is 1.91. The summed E-state index contributed by atoms with van der Waals surface area (Å²) in [6.07, 6.45) is 4.51. The van der Waals surface area contributed by atoms with E-state index in [-0.39, 0.29) is 11.9 Å². The number of hydrogen-bond acceptors (Lipinski definition) is 2. The molecule has 1 atom stereocenters. The van der Waals surface area contributed by atoms with Gasteiger partial charge in [0.1, 0.15) is 5.75 Å². The van der Waals surface area contributed by atoms with Crippen molar-refractivity contribution in [1.29, 1.82) is 0 Å². The van der Waals surface area contributed by atoms with Crippen LogP contribution in [0.4, 0.5) is 0 Å². The van der Waals surface area contributed by atoms with Crippen molar-refractivity contribution in [1.82, 2.24) is 5.32 Å². The van der Waals surface area contributed by atoms with Gasteiger partial charge in [0, 0.05) is 12.5 Å². The van der Waals surface area contributed by atoms with Crippen LogP contribution in [0.25, 0.3) is 0 Å². The van der Waals surface area contributed by atoms with Crippen molar-refractivity contribution in [3.63, 3.8) is 0 Å². The number of hydrogen-bond donors (Lipinski definition) is 1. The lowest BCUT2D eigenvalue weighted by Crippen LogP contribution is -2.31. The van der Waals surface area contributed by atoms with E-state index in [0.29, 0.717) is 13.0 Å². The van der Waals surface area contributed by atoms with Gasteiger partial charge in [-0.05, 0) is 43.9 Å². The Bertz CT molecular complexity index is 386. The van der Waals surface area contributed by atoms with E-state index < -0.39 is 0 Å². The quantitative estimate of drug-likeness (QED) is 0.699. The molecule has 0 aromatic heterocycles. The third-order valence-corrected chi connectivity index (χ3v) is 3.30. The second-order valence-corrected chi connectivity index (χ2v) is 5.22. The van der Waals surface area contributed by atoms with E-state index in [1.165, 1.54) is 5.56 Å². The summed E-state index contributed by atoms with van der Waals surface area (Å²) < 4.78 is 5.64. The summed E-state index contributed by atoms with van der Waals surface area (Å²) in [7, 11) is 0. The van der Waals surface area contributed by atoms with Crippen molar-refractivity contribution in [3.8, 4) is 5.75 Å². The average Bonchev–Trinajstić information content (AvgIpc) is 2.45. The second-order valence-electron chi connectivity index (χ2n) is 5.22. The smallest absolute Gasteiger partial charge is 0.220 e. The first-order valence-electron chi connectivity index (χ1n) is 7.66. The van der Waals surface area contributed by atoms with E-state index in [9.17, 15) is 4.79 Å². The lowest BCUT2D eigenvalue weighted by molar-refractivity contribution is -0.121. The van der Waals surface area contributed by atoms with Gasteiger partial charge >= 0.3 is 0 Å². The highest BCUT2D eigenvalue weighted by molar-refractivity contribution is 5.76. The molecule has 3 heteroatoms. The first kappa shape index (κ1) is 16.5. The van der Waals surface area contributed by atoms with Crippen molar-refractivity contribution >= 4 is 5.91 Å². The van der Waals surface area contributed by atoms with Gasteiger partial charge < -0.3 is 10.1 Å². The number of aryl methyl sites for hydroxylation is 1. The van der Waals surface area contributed by atoms with E-state index in [1.54, 1.807) is 0 Å². The molecule has 0 bridgehead atoms. The first-order valence-corrected chi connectivity index (χ1v) is 7.66. The molecular weight excluding hydrogens is 250 g/mol. The molecule has 0 saturated heterocycles. The van der Waals surface area contributed by atoms with Crippen LogP contribution in [0.1, 0.15) is 52.0 Å². The molecule has 1 aromatic rings. The molecule has 1 N–H and O–H groups in total. The zero-order chi connectivity index (χ0) is 14.8. The highest BCUT2D eigenvalue weighted by Crippen LogP contribution is 2.13. The minimum Gasteiger partial charge on any atom is -0.494 e. The van der Waals surface area contributed by atoms with E-state index >= 15 is 0 Å². The van der Waals surface area contributed by atoms with Crippen molar-refractivity contribution < 1.29 is 9.53 Å². The van der Waals surface area contributed by atoms with Crippen LogP contribution in [0, 0.1) is 0 Å². The Hall–Kier alpha value is -1.51. The van der Waals surface area contributed by atoms with Gasteiger partial charge in [-0.2, -0.15) is 0 Å². The Morgan fingerprint density at radius 2 is 1.95 bits per heavy atom. The van der Waals surface area contributed by atoms with Crippen LogP contribution in [0.15, 0.2) is 24.3 Å². The van der Waals surface area contributed by atoms with Crippen molar-refractivity contribution in [2.45, 2.75) is 58.9 Å². The van der Waals surface area contributed by atoms with Crippen LogP contribution in [0.5, 0.6) is 5.75 Å². The fourth-order valence-electron chi connectivity index (χ4n) is 1.91. The van der Waals surface area contributed by atoms with Gasteiger partial charge in [0.25, 0.3) is 0 Å². The minimum atomic E-state index is 0.112. The predicted molar refractivity (Wildman–Crippen MR) is 83.1 cm³/mol. The maximum Gasteiger partial charge on any atom is 0.220 e. The van der Waals surface area contributed by atoms with E-state index in [2.05, 4.69) is 31.3 Å². The SMILES string of the molecule is CCCc1ccc(OCCCC(=O)NC(C)CC)cc1. The van der Waals surface area contributed by atoms with Crippen LogP contribution in [0.3, 0.4) is 0 Å². The maximum atomic E-state index is 11.6. The van der Waals surface area contributed by atoms with E-state index in [1.807, 2.05) is 19.1 Å². The number of rotatable bonds is 9. The molecule has 0 heterocycles. The first-order chi connectivity index (χ1) is 9.65. The molecule has 1 amide bonds. The number of amides is 1. The maximum absolute atomic E-state index is 11.6. The molecule has 0 spiro atoms. The summed E-state index contributed by atoms with van der Waals surface area (Å²) >= 11 is 0. The Morgan fingerprint density at radius 1 is 1.25 bits per heavy atom. The Balaban J connectivity index is 2.19. The minimum absolute atomic E-state index is 0.112. The van der Waals surface area contributed by atoms with Gasteiger partial charge in [-0.25, -0.2) is 0 Å². The molecule has 3 nitrogen and oxygen atoms in total. The summed E-state index contributed by atoms with van der Waals surface area (Å²) in [4.78, 5) is 11.6. The normalized spacial score (nSPS) is 11.9. The van der Waals surface area contributed by atoms with Gasteiger partial charge in [-0.3, -0.25) is 4.79 Å². The molecule has 0 saturated carbocycles. The number of nitrogens with one attached hydrogen (secondary N) is 1. The molecule has 0 aliphatic carbocycles. The standard InChI is InChI=1S/C17H27NO2/c1-4-7-15-9-11-16(12-10-15)20-13-6-8-17(19)18-14(3)5-2/h9-12,14H,4-8,13H2,1-3H3,(H,18,19). The molecule has 0 radical (unpaired) electrons. The van der Waals surface area contributed by atoms with E-state index in [0.717, 1.165) is 31.4 Å². The second kappa shape index (κ2) is 9.40. The van der Waals surface area contributed by atoms with Gasteiger partial charge in [0.15, 0.2) is 0 Å². The number of ether oxygens (including phenoxy) is 1. The van der Waals surface area contributed by atoms with Crippen LogP contribution < -0.4 is 10.1 Å². The molecule has 112 valence electrons. The zero-order valence-corrected chi connectivity index (χ0v) is 12.9. The lowest BCUT2D eigenvalue weighted by Gasteiger charge is -2.11. The molecule has 0 fully saturated rings. The molecule has 1 rings (SSSR count). The predicted octanol–water partition coefficient (Wildman–Crippen LogP) is 3.71. The van der Waals surface area contributed by atoms with Crippen molar-refractivity contribution in [3.05, 3.63) is 29.8 Å². The largest absolute Gasteiger partial charge is 0.494 e. The molecule has 0 aliphatic heterocycles. The molecule has 1 unspecified atom stereocenters. The lowest BCUT2D eigenvalue weighted by atomic mass is 10.1. The highest BCUT2D eigenvalue weighted by atomic mass is 16.5. The topological polar surface area (TPSA) is 38.3 Å². The molecule has 0 aliphatic rings. The van der Waals surface area contributed by atoms with Gasteiger partial charge in [0.2, 0.25) is 5.91 Å². The monoisotopic (exact) mass is 277 g/mol. The van der Waals surface area contributed by atoms with Crippen LogP contribution >= 0.6 is 0 Å². The van der Waals surface area contributed by atoms with Crippen LogP contribution in [-0.2, 0) is 11.2 Å². The van der Waals surface area contributed by atoms with Crippen molar-refractivity contribution in [2.75, 3.05) is 6.61 Å². The molecule has 20 heavy (non-hydrogen) atoms. The Labute approximate surface area is 122 Å². The van der Waals surface area contributed by atoms with E-state index in [4.69, 9.17) is 4.74 Å². The average molecular weight is 277 g/mol. The highest BCUT2D eigenvalue weighted by Gasteiger charge is 2.05. The number of carbonyl (C=O) groups excluding carboxylic acids is 1.